The van der Waals surface area contributed by atoms with Crippen LogP contribution in [0.1, 0.15) is 44.2 Å². The highest BCUT2D eigenvalue weighted by Crippen LogP contribution is 2.60. The molecular formula is C15H20N2OS. The zero-order chi connectivity index (χ0) is 13.0. The van der Waals surface area contributed by atoms with Crippen molar-refractivity contribution in [1.82, 2.24) is 9.97 Å². The van der Waals surface area contributed by atoms with Crippen LogP contribution in [0.25, 0.3) is 0 Å². The van der Waals surface area contributed by atoms with Crippen molar-refractivity contribution < 1.29 is 0 Å². The lowest BCUT2D eigenvalue weighted by Gasteiger charge is -2.57. The molecule has 5 rings (SSSR count). The van der Waals surface area contributed by atoms with Crippen molar-refractivity contribution in [3.05, 3.63) is 26.9 Å². The third-order valence-electron chi connectivity index (χ3n) is 5.55. The highest BCUT2D eigenvalue weighted by molar-refractivity contribution is 7.71. The molecule has 102 valence electrons. The molecule has 4 fully saturated rings. The second kappa shape index (κ2) is 4.05. The largest absolute Gasteiger partial charge is 0.336 e. The van der Waals surface area contributed by atoms with Crippen LogP contribution in [-0.2, 0) is 6.42 Å². The zero-order valence-corrected chi connectivity index (χ0v) is 11.9. The van der Waals surface area contributed by atoms with Crippen molar-refractivity contribution in [2.24, 2.45) is 23.2 Å². The minimum absolute atomic E-state index is 0.0662. The molecule has 0 aliphatic heterocycles. The van der Waals surface area contributed by atoms with Crippen LogP contribution < -0.4 is 5.56 Å². The van der Waals surface area contributed by atoms with E-state index < -0.39 is 0 Å². The molecule has 4 heteroatoms. The summed E-state index contributed by atoms with van der Waals surface area (Å²) < 4.78 is 0.465. The molecule has 19 heavy (non-hydrogen) atoms. The van der Waals surface area contributed by atoms with Crippen molar-refractivity contribution >= 4 is 12.2 Å². The van der Waals surface area contributed by atoms with Gasteiger partial charge in [0.05, 0.1) is 0 Å². The lowest BCUT2D eigenvalue weighted by atomic mass is 9.48. The van der Waals surface area contributed by atoms with Crippen molar-refractivity contribution in [1.29, 1.82) is 0 Å². The van der Waals surface area contributed by atoms with E-state index in [1.165, 1.54) is 38.5 Å². The summed E-state index contributed by atoms with van der Waals surface area (Å²) >= 11 is 5.09. The summed E-state index contributed by atoms with van der Waals surface area (Å²) in [5, 5.41) is 0. The molecule has 0 atom stereocenters. The summed E-state index contributed by atoms with van der Waals surface area (Å²) in [6, 6.07) is 1.70. The fourth-order valence-corrected chi connectivity index (χ4v) is 5.76. The topological polar surface area (TPSA) is 48.6 Å². The number of aromatic nitrogens is 2. The van der Waals surface area contributed by atoms with Crippen LogP contribution in [-0.4, -0.2) is 9.97 Å². The smallest absolute Gasteiger partial charge is 0.251 e. The minimum atomic E-state index is -0.0662. The van der Waals surface area contributed by atoms with Crippen LogP contribution in [0, 0.1) is 27.9 Å². The molecule has 0 unspecified atom stereocenters. The van der Waals surface area contributed by atoms with Crippen molar-refractivity contribution in [3.63, 3.8) is 0 Å². The van der Waals surface area contributed by atoms with Crippen molar-refractivity contribution in [3.8, 4) is 0 Å². The summed E-state index contributed by atoms with van der Waals surface area (Å²) in [7, 11) is 0. The van der Waals surface area contributed by atoms with E-state index in [0.29, 0.717) is 10.2 Å². The van der Waals surface area contributed by atoms with Gasteiger partial charge in [-0.25, -0.2) is 0 Å². The summed E-state index contributed by atoms with van der Waals surface area (Å²) in [6.45, 7) is 0. The minimum Gasteiger partial charge on any atom is -0.336 e. The molecule has 4 aliphatic rings. The lowest BCUT2D eigenvalue weighted by molar-refractivity contribution is -0.0526. The molecule has 0 aromatic carbocycles. The van der Waals surface area contributed by atoms with E-state index in [1.54, 1.807) is 6.07 Å². The molecular weight excluding hydrogens is 256 g/mol. The van der Waals surface area contributed by atoms with Gasteiger partial charge in [0.15, 0.2) is 4.77 Å². The number of hydrogen-bond donors (Lipinski definition) is 2. The van der Waals surface area contributed by atoms with Gasteiger partial charge in [0.25, 0.3) is 5.56 Å². The monoisotopic (exact) mass is 276 g/mol. The maximum Gasteiger partial charge on any atom is 0.251 e. The van der Waals surface area contributed by atoms with Crippen LogP contribution >= 0.6 is 12.2 Å². The fraction of sp³-hybridized carbons (Fsp3) is 0.733. The average Bonchev–Trinajstić information content (AvgIpc) is 2.23. The lowest BCUT2D eigenvalue weighted by Crippen LogP contribution is -2.47. The van der Waals surface area contributed by atoms with Gasteiger partial charge in [-0.05, 0) is 80.3 Å². The molecule has 4 saturated carbocycles. The number of H-pyrrole nitrogens is 2. The predicted molar refractivity (Wildman–Crippen MR) is 76.6 cm³/mol. The molecule has 4 aliphatic carbocycles. The molecule has 3 nitrogen and oxygen atoms in total. The predicted octanol–water partition coefficient (Wildman–Crippen LogP) is 3.19. The Kier molecular flexibility index (Phi) is 2.53. The Morgan fingerprint density at radius 2 is 1.68 bits per heavy atom. The number of rotatable bonds is 2. The van der Waals surface area contributed by atoms with E-state index in [-0.39, 0.29) is 5.56 Å². The van der Waals surface area contributed by atoms with Crippen molar-refractivity contribution in [2.45, 2.75) is 44.9 Å². The zero-order valence-electron chi connectivity index (χ0n) is 11.1. The standard InChI is InChI=1S/C15H20N2OS/c18-13-4-12(16-14(19)17-13)8-15-5-9-1-10(6-15)3-11(2-9)7-15/h4,9-11H,1-3,5-8H2,(H2,16,17,18,19). The van der Waals surface area contributed by atoms with Gasteiger partial charge in [0.1, 0.15) is 0 Å². The average molecular weight is 276 g/mol. The first kappa shape index (κ1) is 11.9. The van der Waals surface area contributed by atoms with Gasteiger partial charge in [0, 0.05) is 11.8 Å². The Labute approximate surface area is 117 Å². The number of aromatic amines is 2. The third-order valence-corrected chi connectivity index (χ3v) is 5.75. The first-order chi connectivity index (χ1) is 9.10. The van der Waals surface area contributed by atoms with E-state index in [9.17, 15) is 4.79 Å². The number of nitrogens with one attached hydrogen (secondary N) is 2. The third kappa shape index (κ3) is 2.10. The van der Waals surface area contributed by atoms with Gasteiger partial charge < -0.3 is 4.98 Å². The molecule has 0 spiro atoms. The molecule has 1 aromatic rings. The molecule has 1 aromatic heterocycles. The Morgan fingerprint density at radius 3 is 2.21 bits per heavy atom. The van der Waals surface area contributed by atoms with Gasteiger partial charge in [-0.3, -0.25) is 9.78 Å². The maximum absolute atomic E-state index is 11.6. The summed E-state index contributed by atoms with van der Waals surface area (Å²) in [4.78, 5) is 17.4. The van der Waals surface area contributed by atoms with Crippen LogP contribution in [0.3, 0.4) is 0 Å². The molecule has 4 bridgehead atoms. The Bertz CT molecular complexity index is 552. The first-order valence-corrected chi connectivity index (χ1v) is 7.84. The highest BCUT2D eigenvalue weighted by atomic mass is 32.1. The Balaban J connectivity index is 1.65. The Morgan fingerprint density at radius 1 is 1.11 bits per heavy atom. The van der Waals surface area contributed by atoms with E-state index in [2.05, 4.69) is 9.97 Å². The Hall–Kier alpha value is -0.900. The van der Waals surface area contributed by atoms with Gasteiger partial charge in [0.2, 0.25) is 0 Å². The van der Waals surface area contributed by atoms with Crippen LogP contribution in [0.5, 0.6) is 0 Å². The molecule has 2 N–H and O–H groups in total. The van der Waals surface area contributed by atoms with Gasteiger partial charge in [-0.2, -0.15) is 0 Å². The normalized spacial score (nSPS) is 39.7. The fourth-order valence-electron chi connectivity index (χ4n) is 5.53. The first-order valence-electron chi connectivity index (χ1n) is 7.43. The molecule has 1 heterocycles. The second-order valence-electron chi connectivity index (χ2n) is 7.21. The highest BCUT2D eigenvalue weighted by Gasteiger charge is 2.50. The van der Waals surface area contributed by atoms with E-state index >= 15 is 0 Å². The summed E-state index contributed by atoms with van der Waals surface area (Å²) in [5.74, 6) is 2.86. The quantitative estimate of drug-likeness (QED) is 0.815. The van der Waals surface area contributed by atoms with Crippen molar-refractivity contribution in [2.75, 3.05) is 0 Å². The van der Waals surface area contributed by atoms with E-state index in [4.69, 9.17) is 12.2 Å². The summed E-state index contributed by atoms with van der Waals surface area (Å²) in [5.41, 5.74) is 1.43. The van der Waals surface area contributed by atoms with E-state index in [1.807, 2.05) is 0 Å². The SMILES string of the molecule is O=c1cc(CC23CC4CC(CC(C4)C2)C3)[nH]c(=S)[nH]1. The van der Waals surface area contributed by atoms with Gasteiger partial charge >= 0.3 is 0 Å². The molecule has 0 radical (unpaired) electrons. The van der Waals surface area contributed by atoms with Crippen LogP contribution in [0.2, 0.25) is 0 Å². The van der Waals surface area contributed by atoms with Gasteiger partial charge in [-0.15, -0.1) is 0 Å². The second-order valence-corrected chi connectivity index (χ2v) is 7.62. The maximum atomic E-state index is 11.6. The summed E-state index contributed by atoms with van der Waals surface area (Å²) in [6.07, 6.45) is 9.51. The van der Waals surface area contributed by atoms with Gasteiger partial charge in [-0.1, -0.05) is 0 Å². The van der Waals surface area contributed by atoms with E-state index in [0.717, 1.165) is 29.9 Å². The van der Waals surface area contributed by atoms with Crippen LogP contribution in [0.4, 0.5) is 0 Å². The molecule has 0 saturated heterocycles. The molecule has 0 amide bonds. The number of hydrogen-bond acceptors (Lipinski definition) is 2. The van der Waals surface area contributed by atoms with Crippen LogP contribution in [0.15, 0.2) is 10.9 Å².